The number of halogens is 2. The van der Waals surface area contributed by atoms with Gasteiger partial charge in [-0.15, -0.1) is 0 Å². The number of nitrogens with zero attached hydrogens (tertiary/aromatic N) is 1. The maximum absolute atomic E-state index is 13.8. The van der Waals surface area contributed by atoms with Crippen LogP contribution in [0.1, 0.15) is 25.1 Å². The van der Waals surface area contributed by atoms with Crippen LogP contribution >= 0.6 is 15.9 Å². The van der Waals surface area contributed by atoms with E-state index in [2.05, 4.69) is 40.1 Å². The Labute approximate surface area is 132 Å². The molecule has 1 aromatic heterocycles. The van der Waals surface area contributed by atoms with Crippen LogP contribution in [0.5, 0.6) is 11.5 Å². The minimum Gasteiger partial charge on any atom is -0.454 e. The second-order valence-corrected chi connectivity index (χ2v) is 6.06. The predicted molar refractivity (Wildman–Crippen MR) is 85.1 cm³/mol. The number of benzene rings is 1. The van der Waals surface area contributed by atoms with Crippen molar-refractivity contribution in [1.82, 2.24) is 10.3 Å². The average Bonchev–Trinajstić information content (AvgIpc) is 2.42. The van der Waals surface area contributed by atoms with Crippen LogP contribution in [0, 0.1) is 12.7 Å². The second kappa shape index (κ2) is 7.00. The summed E-state index contributed by atoms with van der Waals surface area (Å²) in [6, 6.07) is 6.80. The molecule has 0 bridgehead atoms. The smallest absolute Gasteiger partial charge is 0.165 e. The summed E-state index contributed by atoms with van der Waals surface area (Å²) in [6.07, 6.45) is 1.76. The van der Waals surface area contributed by atoms with Crippen molar-refractivity contribution in [2.75, 3.05) is 0 Å². The van der Waals surface area contributed by atoms with Gasteiger partial charge in [0.1, 0.15) is 5.75 Å². The van der Waals surface area contributed by atoms with E-state index in [9.17, 15) is 4.39 Å². The standard InChI is InChI=1S/C16H18BrFN2O/c1-10(2)19-8-12-9-20-11(3)6-15(12)21-16-7-13(17)4-5-14(16)18/h4-7,9-10,19H,8H2,1-3H3. The van der Waals surface area contributed by atoms with Gasteiger partial charge in [-0.25, -0.2) is 4.39 Å². The van der Waals surface area contributed by atoms with Crippen LogP contribution in [0.2, 0.25) is 0 Å². The second-order valence-electron chi connectivity index (χ2n) is 5.15. The number of pyridine rings is 1. The van der Waals surface area contributed by atoms with Crippen molar-refractivity contribution < 1.29 is 9.13 Å². The number of hydrogen-bond acceptors (Lipinski definition) is 3. The Morgan fingerprint density at radius 2 is 2.05 bits per heavy atom. The molecule has 0 aliphatic heterocycles. The van der Waals surface area contributed by atoms with E-state index in [0.717, 1.165) is 15.7 Å². The summed E-state index contributed by atoms with van der Waals surface area (Å²) >= 11 is 3.32. The summed E-state index contributed by atoms with van der Waals surface area (Å²) < 4.78 is 20.3. The molecule has 5 heteroatoms. The third-order valence-electron chi connectivity index (χ3n) is 2.89. The van der Waals surface area contributed by atoms with Crippen molar-refractivity contribution in [1.29, 1.82) is 0 Å². The van der Waals surface area contributed by atoms with Gasteiger partial charge in [-0.3, -0.25) is 4.98 Å². The highest BCUT2D eigenvalue weighted by molar-refractivity contribution is 9.10. The maximum Gasteiger partial charge on any atom is 0.165 e. The summed E-state index contributed by atoms with van der Waals surface area (Å²) in [4.78, 5) is 4.28. The summed E-state index contributed by atoms with van der Waals surface area (Å²) in [7, 11) is 0. The zero-order valence-corrected chi connectivity index (χ0v) is 13.9. The van der Waals surface area contributed by atoms with Gasteiger partial charge in [-0.1, -0.05) is 29.8 Å². The van der Waals surface area contributed by atoms with E-state index in [1.165, 1.54) is 6.07 Å². The lowest BCUT2D eigenvalue weighted by Gasteiger charge is -2.14. The fourth-order valence-corrected chi connectivity index (χ4v) is 2.12. The van der Waals surface area contributed by atoms with Gasteiger partial charge in [-0.2, -0.15) is 0 Å². The molecule has 1 heterocycles. The Morgan fingerprint density at radius 1 is 1.29 bits per heavy atom. The summed E-state index contributed by atoms with van der Waals surface area (Å²) in [5.74, 6) is 0.420. The fraction of sp³-hybridized carbons (Fsp3) is 0.312. The quantitative estimate of drug-likeness (QED) is 0.854. The fourth-order valence-electron chi connectivity index (χ4n) is 1.78. The number of ether oxygens (including phenoxy) is 1. The molecule has 0 aliphatic carbocycles. The van der Waals surface area contributed by atoms with E-state index in [1.54, 1.807) is 18.3 Å². The van der Waals surface area contributed by atoms with Crippen LogP contribution in [-0.2, 0) is 6.54 Å². The van der Waals surface area contributed by atoms with Gasteiger partial charge in [0, 0.05) is 40.6 Å². The molecule has 0 saturated heterocycles. The van der Waals surface area contributed by atoms with Crippen LogP contribution in [0.25, 0.3) is 0 Å². The first-order chi connectivity index (χ1) is 9.95. The summed E-state index contributed by atoms with van der Waals surface area (Å²) in [6.45, 7) is 6.63. The van der Waals surface area contributed by atoms with Gasteiger partial charge < -0.3 is 10.1 Å². The molecule has 112 valence electrons. The molecule has 1 aromatic carbocycles. The number of nitrogens with one attached hydrogen (secondary N) is 1. The van der Waals surface area contributed by atoms with Crippen molar-refractivity contribution >= 4 is 15.9 Å². The van der Waals surface area contributed by atoms with Gasteiger partial charge in [0.15, 0.2) is 11.6 Å². The summed E-state index contributed by atoms with van der Waals surface area (Å²) in [5, 5.41) is 3.31. The molecule has 0 unspecified atom stereocenters. The Hall–Kier alpha value is -1.46. The Morgan fingerprint density at radius 3 is 2.76 bits per heavy atom. The zero-order valence-electron chi connectivity index (χ0n) is 12.3. The molecule has 21 heavy (non-hydrogen) atoms. The number of hydrogen-bond donors (Lipinski definition) is 1. The van der Waals surface area contributed by atoms with Gasteiger partial charge in [0.05, 0.1) is 0 Å². The molecule has 1 N–H and O–H groups in total. The van der Waals surface area contributed by atoms with Gasteiger partial charge in [0.25, 0.3) is 0 Å². The topological polar surface area (TPSA) is 34.1 Å². The Kier molecular flexibility index (Phi) is 5.31. The predicted octanol–water partition coefficient (Wildman–Crippen LogP) is 4.58. The van der Waals surface area contributed by atoms with Crippen molar-refractivity contribution in [3.63, 3.8) is 0 Å². The van der Waals surface area contributed by atoms with Crippen LogP contribution in [0.3, 0.4) is 0 Å². The molecule has 0 saturated carbocycles. The van der Waals surface area contributed by atoms with Gasteiger partial charge in [-0.05, 0) is 25.1 Å². The van der Waals surface area contributed by atoms with Crippen LogP contribution < -0.4 is 10.1 Å². The SMILES string of the molecule is Cc1cc(Oc2cc(Br)ccc2F)c(CNC(C)C)cn1. The highest BCUT2D eigenvalue weighted by Crippen LogP contribution is 2.30. The zero-order chi connectivity index (χ0) is 15.4. The first kappa shape index (κ1) is 15.9. The molecular formula is C16H18BrFN2O. The Balaban J connectivity index is 2.29. The lowest BCUT2D eigenvalue weighted by Crippen LogP contribution is -2.22. The first-order valence-corrected chi connectivity index (χ1v) is 7.57. The molecule has 0 radical (unpaired) electrons. The van der Waals surface area contributed by atoms with Crippen molar-refractivity contribution in [2.45, 2.75) is 33.4 Å². The van der Waals surface area contributed by atoms with E-state index in [-0.39, 0.29) is 5.75 Å². The first-order valence-electron chi connectivity index (χ1n) is 6.77. The molecule has 0 aliphatic rings. The minimum absolute atomic E-state index is 0.195. The van der Waals surface area contributed by atoms with E-state index in [4.69, 9.17) is 4.74 Å². The number of rotatable bonds is 5. The maximum atomic E-state index is 13.8. The molecule has 3 nitrogen and oxygen atoms in total. The number of aromatic nitrogens is 1. The lowest BCUT2D eigenvalue weighted by molar-refractivity contribution is 0.432. The number of aryl methyl sites for hydroxylation is 1. The lowest BCUT2D eigenvalue weighted by atomic mass is 10.2. The third-order valence-corrected chi connectivity index (χ3v) is 3.39. The van der Waals surface area contributed by atoms with E-state index < -0.39 is 5.82 Å². The molecular weight excluding hydrogens is 335 g/mol. The molecule has 0 spiro atoms. The highest BCUT2D eigenvalue weighted by Gasteiger charge is 2.10. The minimum atomic E-state index is -0.393. The van der Waals surface area contributed by atoms with Crippen molar-refractivity contribution in [3.05, 3.63) is 52.0 Å². The molecule has 2 rings (SSSR count). The van der Waals surface area contributed by atoms with E-state index >= 15 is 0 Å². The van der Waals surface area contributed by atoms with Crippen molar-refractivity contribution in [2.24, 2.45) is 0 Å². The average molecular weight is 353 g/mol. The van der Waals surface area contributed by atoms with Gasteiger partial charge in [0.2, 0.25) is 0 Å². The molecule has 0 fully saturated rings. The van der Waals surface area contributed by atoms with Crippen LogP contribution in [0.15, 0.2) is 34.9 Å². The monoisotopic (exact) mass is 352 g/mol. The molecule has 0 atom stereocenters. The molecule has 2 aromatic rings. The normalized spacial score (nSPS) is 11.0. The van der Waals surface area contributed by atoms with Crippen LogP contribution in [0.4, 0.5) is 4.39 Å². The third kappa shape index (κ3) is 4.51. The molecule has 0 amide bonds. The van der Waals surface area contributed by atoms with Gasteiger partial charge >= 0.3 is 0 Å². The van der Waals surface area contributed by atoms with Crippen molar-refractivity contribution in [3.8, 4) is 11.5 Å². The Bertz CT molecular complexity index is 632. The van der Waals surface area contributed by atoms with E-state index in [1.807, 2.05) is 13.0 Å². The van der Waals surface area contributed by atoms with Crippen LogP contribution in [-0.4, -0.2) is 11.0 Å². The largest absolute Gasteiger partial charge is 0.454 e. The van der Waals surface area contributed by atoms with E-state index in [0.29, 0.717) is 18.3 Å². The highest BCUT2D eigenvalue weighted by atomic mass is 79.9. The summed E-state index contributed by atoms with van der Waals surface area (Å²) in [5.41, 5.74) is 1.72.